The summed E-state index contributed by atoms with van der Waals surface area (Å²) in [6, 6.07) is 5.38. The zero-order chi connectivity index (χ0) is 10.8. The summed E-state index contributed by atoms with van der Waals surface area (Å²) in [5.74, 6) is 0. The summed E-state index contributed by atoms with van der Waals surface area (Å²) in [6.45, 7) is 3.67. The molecule has 0 saturated carbocycles. The van der Waals surface area contributed by atoms with Gasteiger partial charge < -0.3 is 0 Å². The Hall–Kier alpha value is -1.97. The minimum Gasteiger partial charge on any atom is -0.267 e. The van der Waals surface area contributed by atoms with E-state index < -0.39 is 0 Å². The van der Waals surface area contributed by atoms with Gasteiger partial charge in [0.25, 0.3) is 5.56 Å². The molecule has 0 aliphatic carbocycles. The molecule has 15 heavy (non-hydrogen) atoms. The third-order valence-electron chi connectivity index (χ3n) is 2.18. The lowest BCUT2D eigenvalue weighted by Gasteiger charge is -2.04. The SMILES string of the molecule is Cc1ccc(-n2nccc(C)c2=O)cn1. The smallest absolute Gasteiger partial charge is 0.267 e. The van der Waals surface area contributed by atoms with Gasteiger partial charge >= 0.3 is 0 Å². The lowest BCUT2D eigenvalue weighted by atomic mass is 10.3. The quantitative estimate of drug-likeness (QED) is 0.697. The predicted octanol–water partition coefficient (Wildman–Crippen LogP) is 1.24. The second kappa shape index (κ2) is 3.65. The van der Waals surface area contributed by atoms with Crippen molar-refractivity contribution in [1.29, 1.82) is 0 Å². The van der Waals surface area contributed by atoms with Gasteiger partial charge in [0.05, 0.1) is 11.9 Å². The number of rotatable bonds is 1. The van der Waals surface area contributed by atoms with Crippen molar-refractivity contribution < 1.29 is 0 Å². The first-order chi connectivity index (χ1) is 7.18. The van der Waals surface area contributed by atoms with Gasteiger partial charge in [0, 0.05) is 17.5 Å². The van der Waals surface area contributed by atoms with Crippen LogP contribution in [0.25, 0.3) is 5.69 Å². The van der Waals surface area contributed by atoms with E-state index in [2.05, 4.69) is 10.1 Å². The molecule has 4 nitrogen and oxygen atoms in total. The molecule has 2 aromatic heterocycles. The third kappa shape index (κ3) is 1.79. The Morgan fingerprint density at radius 3 is 2.67 bits per heavy atom. The molecule has 0 aromatic carbocycles. The summed E-state index contributed by atoms with van der Waals surface area (Å²) in [7, 11) is 0. The molecule has 2 heterocycles. The van der Waals surface area contributed by atoms with Gasteiger partial charge in [-0.3, -0.25) is 9.78 Å². The Balaban J connectivity index is 2.59. The standard InChI is InChI=1S/C11H11N3O/c1-8-5-6-13-14(11(8)15)10-4-3-9(2)12-7-10/h3-7H,1-2H3. The van der Waals surface area contributed by atoms with Crippen LogP contribution in [-0.2, 0) is 0 Å². The topological polar surface area (TPSA) is 47.8 Å². The van der Waals surface area contributed by atoms with Crippen LogP contribution in [0.3, 0.4) is 0 Å². The average Bonchev–Trinajstić information content (AvgIpc) is 2.24. The van der Waals surface area contributed by atoms with Gasteiger partial charge in [-0.25, -0.2) is 0 Å². The lowest BCUT2D eigenvalue weighted by Crippen LogP contribution is -2.22. The first kappa shape index (κ1) is 9.58. The number of pyridine rings is 1. The molecule has 0 N–H and O–H groups in total. The van der Waals surface area contributed by atoms with Crippen LogP contribution in [0.4, 0.5) is 0 Å². The normalized spacial score (nSPS) is 10.3. The van der Waals surface area contributed by atoms with Crippen LogP contribution in [0.2, 0.25) is 0 Å². The molecule has 0 bridgehead atoms. The molecule has 0 fully saturated rings. The summed E-state index contributed by atoms with van der Waals surface area (Å²) < 4.78 is 1.35. The second-order valence-corrected chi connectivity index (χ2v) is 3.39. The van der Waals surface area contributed by atoms with Crippen molar-refractivity contribution in [2.75, 3.05) is 0 Å². The van der Waals surface area contributed by atoms with Crippen LogP contribution < -0.4 is 5.56 Å². The van der Waals surface area contributed by atoms with Crippen molar-refractivity contribution in [3.63, 3.8) is 0 Å². The number of aromatic nitrogens is 3. The van der Waals surface area contributed by atoms with E-state index in [1.54, 1.807) is 25.4 Å². The van der Waals surface area contributed by atoms with Gasteiger partial charge in [-0.15, -0.1) is 0 Å². The molecule has 0 amide bonds. The van der Waals surface area contributed by atoms with E-state index in [1.165, 1.54) is 4.68 Å². The molecule has 0 unspecified atom stereocenters. The fourth-order valence-electron chi connectivity index (χ4n) is 1.27. The van der Waals surface area contributed by atoms with Crippen LogP contribution in [0, 0.1) is 13.8 Å². The van der Waals surface area contributed by atoms with Crippen LogP contribution >= 0.6 is 0 Å². The van der Waals surface area contributed by atoms with Crippen LogP contribution in [0.5, 0.6) is 0 Å². The number of aryl methyl sites for hydroxylation is 2. The molecular formula is C11H11N3O. The van der Waals surface area contributed by atoms with E-state index in [1.807, 2.05) is 19.1 Å². The molecule has 4 heteroatoms. The van der Waals surface area contributed by atoms with E-state index >= 15 is 0 Å². The number of nitrogens with zero attached hydrogens (tertiary/aromatic N) is 3. The largest absolute Gasteiger partial charge is 0.274 e. The highest BCUT2D eigenvalue weighted by atomic mass is 16.1. The first-order valence-electron chi connectivity index (χ1n) is 4.66. The lowest BCUT2D eigenvalue weighted by molar-refractivity contribution is 0.791. The monoisotopic (exact) mass is 201 g/mol. The maximum Gasteiger partial charge on any atom is 0.274 e. The number of hydrogen-bond acceptors (Lipinski definition) is 3. The molecule has 0 spiro atoms. The highest BCUT2D eigenvalue weighted by Crippen LogP contribution is 2.02. The van der Waals surface area contributed by atoms with Gasteiger partial charge in [0.1, 0.15) is 0 Å². The summed E-state index contributed by atoms with van der Waals surface area (Å²) in [4.78, 5) is 15.9. The molecule has 0 aliphatic rings. The van der Waals surface area contributed by atoms with Crippen molar-refractivity contribution in [2.45, 2.75) is 13.8 Å². The molecule has 2 rings (SSSR count). The molecule has 0 atom stereocenters. The van der Waals surface area contributed by atoms with E-state index in [4.69, 9.17) is 0 Å². The van der Waals surface area contributed by atoms with Gasteiger partial charge in [-0.05, 0) is 32.0 Å². The predicted molar refractivity (Wildman–Crippen MR) is 57.1 cm³/mol. The molecular weight excluding hydrogens is 190 g/mol. The van der Waals surface area contributed by atoms with Crippen molar-refractivity contribution in [3.8, 4) is 5.69 Å². The van der Waals surface area contributed by atoms with Crippen molar-refractivity contribution in [2.24, 2.45) is 0 Å². The van der Waals surface area contributed by atoms with Crippen LogP contribution in [0.15, 0.2) is 35.4 Å². The fraction of sp³-hybridized carbons (Fsp3) is 0.182. The van der Waals surface area contributed by atoms with E-state index in [-0.39, 0.29) is 5.56 Å². The van der Waals surface area contributed by atoms with E-state index in [0.717, 1.165) is 5.69 Å². The Bertz CT molecular complexity index is 528. The van der Waals surface area contributed by atoms with Gasteiger partial charge in [0.2, 0.25) is 0 Å². The second-order valence-electron chi connectivity index (χ2n) is 3.39. The highest BCUT2D eigenvalue weighted by molar-refractivity contribution is 5.28. The van der Waals surface area contributed by atoms with Crippen molar-refractivity contribution >= 4 is 0 Å². The maximum atomic E-state index is 11.7. The molecule has 76 valence electrons. The van der Waals surface area contributed by atoms with E-state index in [0.29, 0.717) is 11.3 Å². The van der Waals surface area contributed by atoms with Gasteiger partial charge in [-0.1, -0.05) is 0 Å². The van der Waals surface area contributed by atoms with Crippen molar-refractivity contribution in [1.82, 2.24) is 14.8 Å². The van der Waals surface area contributed by atoms with Gasteiger partial charge in [-0.2, -0.15) is 9.78 Å². The Morgan fingerprint density at radius 1 is 1.20 bits per heavy atom. The summed E-state index contributed by atoms with van der Waals surface area (Å²) in [5.41, 5.74) is 2.17. The fourth-order valence-corrected chi connectivity index (χ4v) is 1.27. The molecule has 0 radical (unpaired) electrons. The highest BCUT2D eigenvalue weighted by Gasteiger charge is 2.02. The summed E-state index contributed by atoms with van der Waals surface area (Å²) >= 11 is 0. The third-order valence-corrected chi connectivity index (χ3v) is 2.18. The number of hydrogen-bond donors (Lipinski definition) is 0. The Morgan fingerprint density at radius 2 is 2.00 bits per heavy atom. The molecule has 2 aromatic rings. The average molecular weight is 201 g/mol. The Labute approximate surface area is 87.2 Å². The summed E-state index contributed by atoms with van der Waals surface area (Å²) in [6.07, 6.45) is 3.25. The minimum atomic E-state index is -0.108. The van der Waals surface area contributed by atoms with Crippen LogP contribution in [0.1, 0.15) is 11.3 Å². The van der Waals surface area contributed by atoms with Crippen molar-refractivity contribution in [3.05, 3.63) is 52.2 Å². The van der Waals surface area contributed by atoms with Gasteiger partial charge in [0.15, 0.2) is 0 Å². The van der Waals surface area contributed by atoms with Crippen LogP contribution in [-0.4, -0.2) is 14.8 Å². The van der Waals surface area contributed by atoms with E-state index in [9.17, 15) is 4.79 Å². The zero-order valence-corrected chi connectivity index (χ0v) is 8.64. The Kier molecular flexibility index (Phi) is 2.33. The molecule has 0 saturated heterocycles. The first-order valence-corrected chi connectivity index (χ1v) is 4.66. The molecule has 0 aliphatic heterocycles. The zero-order valence-electron chi connectivity index (χ0n) is 8.64. The summed E-state index contributed by atoms with van der Waals surface area (Å²) in [5, 5.41) is 4.00. The maximum absolute atomic E-state index is 11.7. The minimum absolute atomic E-state index is 0.108.